The molecule has 0 aliphatic carbocycles. The van der Waals surface area contributed by atoms with Gasteiger partial charge in [-0.3, -0.25) is 5.32 Å². The number of carbonyl (C=O) groups is 1. The molecule has 0 spiro atoms. The number of nitrogens with zero attached hydrogens (tertiary/aromatic N) is 2. The minimum atomic E-state index is -0.521. The van der Waals surface area contributed by atoms with Gasteiger partial charge in [-0.25, -0.2) is 4.79 Å². The minimum absolute atomic E-state index is 0.363. The maximum atomic E-state index is 12.1. The van der Waals surface area contributed by atoms with E-state index in [1.807, 2.05) is 6.92 Å². The zero-order chi connectivity index (χ0) is 16.4. The number of amides is 2. The maximum Gasteiger partial charge on any atom is 0.320 e. The van der Waals surface area contributed by atoms with Crippen LogP contribution in [-0.4, -0.2) is 23.6 Å². The Morgan fingerprint density at radius 1 is 1.61 bits per heavy atom. The molecule has 3 rings (SSSR count). The van der Waals surface area contributed by atoms with E-state index in [9.17, 15) is 4.79 Å². The van der Waals surface area contributed by atoms with Gasteiger partial charge < -0.3 is 10.1 Å². The average Bonchev–Trinajstić information content (AvgIpc) is 3.13. The monoisotopic (exact) mass is 348 g/mol. The molecular weight excluding hydrogens is 332 g/mol. The number of hydrogen-bond donors (Lipinski definition) is 2. The van der Waals surface area contributed by atoms with Crippen LogP contribution >= 0.6 is 22.9 Å². The first-order chi connectivity index (χ1) is 11.0. The van der Waals surface area contributed by atoms with Crippen molar-refractivity contribution in [1.82, 2.24) is 9.69 Å². The maximum absolute atomic E-state index is 12.1. The molecule has 0 saturated carbocycles. The van der Waals surface area contributed by atoms with Gasteiger partial charge in [0, 0.05) is 11.3 Å². The summed E-state index contributed by atoms with van der Waals surface area (Å²) in [7, 11) is 0. The van der Waals surface area contributed by atoms with Gasteiger partial charge in [0.25, 0.3) is 0 Å². The largest absolute Gasteiger partial charge is 0.368 e. The lowest BCUT2D eigenvalue weighted by molar-refractivity contribution is -0.0416. The molecule has 6 nitrogen and oxygen atoms in total. The van der Waals surface area contributed by atoms with Crippen molar-refractivity contribution in [2.45, 2.75) is 25.9 Å². The molecule has 0 fully saturated rings. The van der Waals surface area contributed by atoms with E-state index >= 15 is 0 Å². The summed E-state index contributed by atoms with van der Waals surface area (Å²) in [5.74, 6) is 0. The molecule has 1 unspecified atom stereocenters. The lowest BCUT2D eigenvalue weighted by Crippen LogP contribution is -2.44. The summed E-state index contributed by atoms with van der Waals surface area (Å²) in [5, 5.41) is 17.1. The zero-order valence-corrected chi connectivity index (χ0v) is 14.4. The fourth-order valence-electron chi connectivity index (χ4n) is 2.58. The van der Waals surface area contributed by atoms with E-state index in [-0.39, 0.29) is 6.03 Å². The van der Waals surface area contributed by atoms with Crippen LogP contribution in [0.1, 0.15) is 28.6 Å². The molecule has 0 saturated heterocycles. The van der Waals surface area contributed by atoms with Crippen LogP contribution in [0.2, 0.25) is 0 Å². The predicted molar refractivity (Wildman–Crippen MR) is 89.9 cm³/mol. The Bertz CT molecular complexity index is 777. The number of aryl methyl sites for hydroxylation is 1. The molecule has 23 heavy (non-hydrogen) atoms. The molecule has 8 heteroatoms. The van der Waals surface area contributed by atoms with E-state index in [1.165, 1.54) is 4.88 Å². The van der Waals surface area contributed by atoms with E-state index in [0.717, 1.165) is 23.5 Å². The number of carbonyl (C=O) groups excluding carboxylic acids is 1. The van der Waals surface area contributed by atoms with Crippen LogP contribution < -0.4 is 10.6 Å². The number of nitrogens with one attached hydrogen (secondary N) is 2. The van der Waals surface area contributed by atoms with Crippen LogP contribution in [0.4, 0.5) is 9.80 Å². The molecule has 120 valence electrons. The van der Waals surface area contributed by atoms with Crippen molar-refractivity contribution in [3.63, 3.8) is 0 Å². The third kappa shape index (κ3) is 3.08. The Hall–Kier alpha value is -1.95. The van der Waals surface area contributed by atoms with Gasteiger partial charge in [-0.2, -0.15) is 9.64 Å². The highest BCUT2D eigenvalue weighted by atomic mass is 32.1. The first-order valence-corrected chi connectivity index (χ1v) is 8.81. The summed E-state index contributed by atoms with van der Waals surface area (Å²) in [5.41, 5.74) is 1.65. The summed E-state index contributed by atoms with van der Waals surface area (Å²) < 4.78 is 9.98. The third-order valence-corrected chi connectivity index (χ3v) is 5.69. The summed E-state index contributed by atoms with van der Waals surface area (Å²) >= 11 is 2.83. The Balaban J connectivity index is 1.65. The fraction of sp³-hybridized carbons (Fsp3) is 0.400. The zero-order valence-electron chi connectivity index (χ0n) is 12.8. The van der Waals surface area contributed by atoms with E-state index in [4.69, 9.17) is 10.00 Å². The number of rotatable bonds is 3. The molecular formula is C15H16N4O2S2. The second-order valence-electron chi connectivity index (χ2n) is 5.48. The van der Waals surface area contributed by atoms with E-state index in [0.29, 0.717) is 29.4 Å². The second kappa shape index (κ2) is 6.28. The molecule has 1 aliphatic heterocycles. The van der Waals surface area contributed by atoms with Gasteiger partial charge in [0.2, 0.25) is 0 Å². The lowest BCUT2D eigenvalue weighted by atomic mass is 9.93. The van der Waals surface area contributed by atoms with Gasteiger partial charge >= 0.3 is 6.03 Å². The first kappa shape index (κ1) is 15.9. The van der Waals surface area contributed by atoms with E-state index < -0.39 is 5.60 Å². The molecule has 2 aromatic heterocycles. The quantitative estimate of drug-likeness (QED) is 0.893. The van der Waals surface area contributed by atoms with Crippen molar-refractivity contribution >= 4 is 33.9 Å². The Kier molecular flexibility index (Phi) is 4.35. The van der Waals surface area contributed by atoms with E-state index in [2.05, 4.69) is 32.5 Å². The third-order valence-electron chi connectivity index (χ3n) is 3.85. The number of ether oxygens (including phenoxy) is 1. The van der Waals surface area contributed by atoms with Crippen LogP contribution in [0.15, 0.2) is 11.4 Å². The summed E-state index contributed by atoms with van der Waals surface area (Å²) in [4.78, 5) is 13.4. The number of urea groups is 1. The van der Waals surface area contributed by atoms with Gasteiger partial charge in [0.1, 0.15) is 22.2 Å². The number of thiophene rings is 1. The number of aromatic nitrogens is 1. The van der Waals surface area contributed by atoms with Gasteiger partial charge in [-0.15, -0.1) is 11.3 Å². The fourth-order valence-corrected chi connectivity index (χ4v) is 4.30. The van der Waals surface area contributed by atoms with Crippen molar-refractivity contribution in [3.8, 4) is 6.07 Å². The summed E-state index contributed by atoms with van der Waals surface area (Å²) in [6.45, 7) is 4.74. The molecule has 0 radical (unpaired) electrons. The highest BCUT2D eigenvalue weighted by Gasteiger charge is 2.34. The SMILES string of the molecule is Cc1nsc(NC(=O)NCC2(C)OCCc3sccc32)c1C#N. The molecule has 0 aromatic carbocycles. The van der Waals surface area contributed by atoms with Crippen molar-refractivity contribution in [3.05, 3.63) is 33.1 Å². The minimum Gasteiger partial charge on any atom is -0.368 e. The van der Waals surface area contributed by atoms with Crippen LogP contribution in [0.5, 0.6) is 0 Å². The molecule has 2 aromatic rings. The summed E-state index contributed by atoms with van der Waals surface area (Å²) in [6, 6.07) is 3.74. The first-order valence-electron chi connectivity index (χ1n) is 7.15. The lowest BCUT2D eigenvalue weighted by Gasteiger charge is -2.34. The second-order valence-corrected chi connectivity index (χ2v) is 7.25. The summed E-state index contributed by atoms with van der Waals surface area (Å²) in [6.07, 6.45) is 0.917. The molecule has 3 heterocycles. The van der Waals surface area contributed by atoms with Gasteiger partial charge in [-0.1, -0.05) is 0 Å². The Morgan fingerprint density at radius 2 is 2.43 bits per heavy atom. The topological polar surface area (TPSA) is 87.0 Å². The number of hydrogen-bond acceptors (Lipinski definition) is 6. The molecule has 2 amide bonds. The highest BCUT2D eigenvalue weighted by Crippen LogP contribution is 2.35. The van der Waals surface area contributed by atoms with Crippen LogP contribution in [0.3, 0.4) is 0 Å². The average molecular weight is 348 g/mol. The van der Waals surface area contributed by atoms with Crippen molar-refractivity contribution in [2.75, 3.05) is 18.5 Å². The molecule has 0 bridgehead atoms. The van der Waals surface area contributed by atoms with Crippen LogP contribution in [0, 0.1) is 18.3 Å². The van der Waals surface area contributed by atoms with Crippen molar-refractivity contribution < 1.29 is 9.53 Å². The van der Waals surface area contributed by atoms with Gasteiger partial charge in [0.15, 0.2) is 0 Å². The molecule has 2 N–H and O–H groups in total. The van der Waals surface area contributed by atoms with Crippen molar-refractivity contribution in [2.24, 2.45) is 0 Å². The van der Waals surface area contributed by atoms with Crippen LogP contribution in [0.25, 0.3) is 0 Å². The highest BCUT2D eigenvalue weighted by molar-refractivity contribution is 7.10. The van der Waals surface area contributed by atoms with E-state index in [1.54, 1.807) is 18.3 Å². The van der Waals surface area contributed by atoms with Crippen molar-refractivity contribution in [1.29, 1.82) is 5.26 Å². The number of nitriles is 1. The molecule has 1 aliphatic rings. The van der Waals surface area contributed by atoms with Gasteiger partial charge in [0.05, 0.1) is 18.8 Å². The number of fused-ring (bicyclic) bond motifs is 1. The smallest absolute Gasteiger partial charge is 0.320 e. The standard InChI is InChI=1S/C15H16N4O2S2/c1-9-10(7-16)13(23-19-9)18-14(20)17-8-15(2)11-4-6-22-12(11)3-5-21-15/h4,6H,3,5,8H2,1-2H3,(H2,17,18,20). The van der Waals surface area contributed by atoms with Gasteiger partial charge in [-0.05, 0) is 42.4 Å². The van der Waals surface area contributed by atoms with Crippen LogP contribution in [-0.2, 0) is 16.8 Å². The predicted octanol–water partition coefficient (Wildman–Crippen LogP) is 2.99. The Morgan fingerprint density at radius 3 is 3.22 bits per heavy atom. The number of anilines is 1. The normalized spacial score (nSPS) is 19.7. The Labute approximate surface area is 142 Å². The molecule has 1 atom stereocenters.